The van der Waals surface area contributed by atoms with Crippen LogP contribution in [0, 0.1) is 5.41 Å². The summed E-state index contributed by atoms with van der Waals surface area (Å²) in [6.45, 7) is 0.252. The summed E-state index contributed by atoms with van der Waals surface area (Å²) in [6.07, 6.45) is 0. The summed E-state index contributed by atoms with van der Waals surface area (Å²) in [5.41, 5.74) is 2.57. The predicted octanol–water partition coefficient (Wildman–Crippen LogP) is 2.32. The highest BCUT2D eigenvalue weighted by Crippen LogP contribution is 2.38. The molecule has 0 unspecified atom stereocenters. The smallest absolute Gasteiger partial charge is 0.255 e. The number of H-pyrrole nitrogens is 1. The molecule has 116 valence electrons. The average Bonchev–Trinajstić information content (AvgIpc) is 3.20. The molecule has 4 rings (SSSR count). The van der Waals surface area contributed by atoms with Crippen molar-refractivity contribution < 1.29 is 9.47 Å². The van der Waals surface area contributed by atoms with Gasteiger partial charge in [0.15, 0.2) is 11.5 Å². The maximum Gasteiger partial charge on any atom is 0.255 e. The summed E-state index contributed by atoms with van der Waals surface area (Å²) in [7, 11) is 1.57. The van der Waals surface area contributed by atoms with Crippen molar-refractivity contribution in [3.63, 3.8) is 0 Å². The van der Waals surface area contributed by atoms with Crippen LogP contribution in [0.4, 0.5) is 0 Å². The third-order valence-electron chi connectivity index (χ3n) is 3.76. The molecule has 0 amide bonds. The third kappa shape index (κ3) is 2.35. The molecule has 1 aromatic carbocycles. The van der Waals surface area contributed by atoms with Gasteiger partial charge in [0.1, 0.15) is 0 Å². The van der Waals surface area contributed by atoms with Crippen molar-refractivity contribution in [1.29, 1.82) is 5.41 Å². The quantitative estimate of drug-likeness (QED) is 0.758. The molecule has 0 spiro atoms. The van der Waals surface area contributed by atoms with Crippen LogP contribution in [-0.2, 0) is 7.05 Å². The zero-order valence-electron chi connectivity index (χ0n) is 12.3. The van der Waals surface area contributed by atoms with Crippen molar-refractivity contribution >= 4 is 11.3 Å². The summed E-state index contributed by atoms with van der Waals surface area (Å²) < 4.78 is 12.0. The second-order valence-corrected chi connectivity index (χ2v) is 6.11. The molecule has 0 aliphatic carbocycles. The van der Waals surface area contributed by atoms with E-state index in [9.17, 15) is 4.79 Å². The molecule has 2 N–H and O–H groups in total. The number of benzene rings is 1. The molecule has 3 aromatic rings. The lowest BCUT2D eigenvalue weighted by atomic mass is 10.1. The molecule has 23 heavy (non-hydrogen) atoms. The van der Waals surface area contributed by atoms with Gasteiger partial charge in [0.05, 0.1) is 10.6 Å². The van der Waals surface area contributed by atoms with Gasteiger partial charge in [0.2, 0.25) is 12.4 Å². The average molecular weight is 327 g/mol. The highest BCUT2D eigenvalue weighted by atomic mass is 32.1. The van der Waals surface area contributed by atoms with Gasteiger partial charge in [0, 0.05) is 13.1 Å². The Morgan fingerprint density at radius 3 is 2.83 bits per heavy atom. The third-order valence-corrected chi connectivity index (χ3v) is 4.72. The van der Waals surface area contributed by atoms with Crippen molar-refractivity contribution in [2.24, 2.45) is 7.05 Å². The van der Waals surface area contributed by atoms with E-state index in [-0.39, 0.29) is 18.0 Å². The molecule has 1 aliphatic rings. The van der Waals surface area contributed by atoms with Crippen molar-refractivity contribution in [1.82, 2.24) is 9.55 Å². The standard InChI is InChI=1S/C16H13N3O3S/c1-19-15(20)6-11(18-16(19)17)14-5-10(7-23-14)9-2-3-12-13(4-9)22-8-21-12/h2-7H,8H2,1H3,(H2,17,18). The fraction of sp³-hybridized carbons (Fsp3) is 0.125. The Balaban J connectivity index is 1.75. The normalized spacial score (nSPS) is 12.6. The van der Waals surface area contributed by atoms with Gasteiger partial charge in [-0.3, -0.25) is 14.8 Å². The minimum atomic E-state index is -0.207. The van der Waals surface area contributed by atoms with Gasteiger partial charge in [-0.25, -0.2) is 0 Å². The van der Waals surface area contributed by atoms with E-state index >= 15 is 0 Å². The first-order valence-corrected chi connectivity index (χ1v) is 7.84. The lowest BCUT2D eigenvalue weighted by molar-refractivity contribution is 0.174. The van der Waals surface area contributed by atoms with Crippen molar-refractivity contribution in [2.45, 2.75) is 0 Å². The minimum absolute atomic E-state index is 0.0746. The first-order chi connectivity index (χ1) is 11.1. The van der Waals surface area contributed by atoms with Crippen LogP contribution in [0.15, 0.2) is 40.5 Å². The first kappa shape index (κ1) is 13.8. The van der Waals surface area contributed by atoms with E-state index in [4.69, 9.17) is 14.9 Å². The molecule has 0 saturated heterocycles. The summed E-state index contributed by atoms with van der Waals surface area (Å²) in [6, 6.07) is 9.31. The van der Waals surface area contributed by atoms with Gasteiger partial charge in [0.25, 0.3) is 5.56 Å². The van der Waals surface area contributed by atoms with Gasteiger partial charge in [-0.05, 0) is 34.7 Å². The SMILES string of the molecule is Cn1c(=O)cc(-c2cc(-c3ccc4c(c3)OCO4)cs2)[nH]c1=N. The lowest BCUT2D eigenvalue weighted by Crippen LogP contribution is -2.32. The fourth-order valence-corrected chi connectivity index (χ4v) is 3.31. The maximum absolute atomic E-state index is 11.8. The van der Waals surface area contributed by atoms with E-state index in [2.05, 4.69) is 4.98 Å². The van der Waals surface area contributed by atoms with Crippen LogP contribution in [-0.4, -0.2) is 16.3 Å². The molecular weight excluding hydrogens is 314 g/mol. The zero-order chi connectivity index (χ0) is 16.0. The molecule has 0 bridgehead atoms. The van der Waals surface area contributed by atoms with E-state index in [1.807, 2.05) is 29.6 Å². The Hall–Kier alpha value is -2.80. The molecular formula is C16H13N3O3S. The summed E-state index contributed by atoms with van der Waals surface area (Å²) in [5.74, 6) is 1.49. The summed E-state index contributed by atoms with van der Waals surface area (Å²) >= 11 is 1.52. The first-order valence-electron chi connectivity index (χ1n) is 6.96. The lowest BCUT2D eigenvalue weighted by Gasteiger charge is -2.02. The maximum atomic E-state index is 11.8. The van der Waals surface area contributed by atoms with Crippen LogP contribution in [0.25, 0.3) is 21.7 Å². The Morgan fingerprint density at radius 1 is 1.17 bits per heavy atom. The highest BCUT2D eigenvalue weighted by molar-refractivity contribution is 7.14. The van der Waals surface area contributed by atoms with Crippen LogP contribution in [0.3, 0.4) is 0 Å². The number of nitrogens with zero attached hydrogens (tertiary/aromatic N) is 1. The van der Waals surface area contributed by atoms with Gasteiger partial charge < -0.3 is 14.5 Å². The Bertz CT molecular complexity index is 985. The number of hydrogen-bond acceptors (Lipinski definition) is 5. The van der Waals surface area contributed by atoms with Gasteiger partial charge >= 0.3 is 0 Å². The predicted molar refractivity (Wildman–Crippen MR) is 86.8 cm³/mol. The van der Waals surface area contributed by atoms with E-state index in [0.717, 1.165) is 27.5 Å². The Morgan fingerprint density at radius 2 is 2.00 bits per heavy atom. The zero-order valence-corrected chi connectivity index (χ0v) is 13.1. The molecule has 0 radical (unpaired) electrons. The van der Waals surface area contributed by atoms with E-state index < -0.39 is 0 Å². The number of thiophene rings is 1. The molecule has 7 heteroatoms. The summed E-state index contributed by atoms with van der Waals surface area (Å²) in [5, 5.41) is 9.80. The molecule has 3 heterocycles. The van der Waals surface area contributed by atoms with E-state index in [1.54, 1.807) is 7.05 Å². The van der Waals surface area contributed by atoms with Gasteiger partial charge in [-0.2, -0.15) is 0 Å². The van der Waals surface area contributed by atoms with E-state index in [1.165, 1.54) is 22.0 Å². The van der Waals surface area contributed by atoms with Crippen LogP contribution in [0.5, 0.6) is 11.5 Å². The van der Waals surface area contributed by atoms with Gasteiger partial charge in [-0.1, -0.05) is 6.07 Å². The Labute approximate surface area is 135 Å². The molecule has 0 saturated carbocycles. The Kier molecular flexibility index (Phi) is 3.09. The van der Waals surface area contributed by atoms with Gasteiger partial charge in [-0.15, -0.1) is 11.3 Å². The number of aromatic amines is 1. The number of aromatic nitrogens is 2. The number of nitrogens with one attached hydrogen (secondary N) is 2. The molecule has 2 aromatic heterocycles. The second-order valence-electron chi connectivity index (χ2n) is 5.20. The van der Waals surface area contributed by atoms with Crippen molar-refractivity contribution in [2.75, 3.05) is 6.79 Å². The molecule has 1 aliphatic heterocycles. The fourth-order valence-electron chi connectivity index (χ4n) is 2.42. The number of rotatable bonds is 2. The highest BCUT2D eigenvalue weighted by Gasteiger charge is 2.15. The largest absolute Gasteiger partial charge is 0.454 e. The topological polar surface area (TPSA) is 80.1 Å². The second kappa shape index (κ2) is 5.13. The monoisotopic (exact) mass is 327 g/mol. The van der Waals surface area contributed by atoms with Crippen LogP contribution >= 0.6 is 11.3 Å². The number of hydrogen-bond donors (Lipinski definition) is 2. The van der Waals surface area contributed by atoms with Crippen molar-refractivity contribution in [3.8, 4) is 33.2 Å². The van der Waals surface area contributed by atoms with E-state index in [0.29, 0.717) is 5.69 Å². The minimum Gasteiger partial charge on any atom is -0.454 e. The van der Waals surface area contributed by atoms with Crippen LogP contribution in [0.2, 0.25) is 0 Å². The summed E-state index contributed by atoms with van der Waals surface area (Å²) in [4.78, 5) is 15.7. The van der Waals surface area contributed by atoms with Crippen molar-refractivity contribution in [3.05, 3.63) is 51.7 Å². The molecule has 0 atom stereocenters. The number of fused-ring (bicyclic) bond motifs is 1. The van der Waals surface area contributed by atoms with Crippen LogP contribution < -0.4 is 20.7 Å². The molecule has 6 nitrogen and oxygen atoms in total. The number of ether oxygens (including phenoxy) is 2. The van der Waals surface area contributed by atoms with Crippen LogP contribution in [0.1, 0.15) is 0 Å². The molecule has 0 fully saturated rings.